The summed E-state index contributed by atoms with van der Waals surface area (Å²) in [6, 6.07) is 6.13. The molecule has 1 saturated heterocycles. The van der Waals surface area contributed by atoms with Crippen LogP contribution in [0.5, 0.6) is 0 Å². The van der Waals surface area contributed by atoms with E-state index in [4.69, 9.17) is 0 Å². The third kappa shape index (κ3) is 3.88. The summed E-state index contributed by atoms with van der Waals surface area (Å²) < 4.78 is 26.9. The highest BCUT2D eigenvalue weighted by molar-refractivity contribution is 7.89. The van der Waals surface area contributed by atoms with E-state index in [1.54, 1.807) is 12.1 Å². The van der Waals surface area contributed by atoms with Gasteiger partial charge in [0.1, 0.15) is 0 Å². The van der Waals surface area contributed by atoms with E-state index in [1.165, 1.54) is 31.9 Å². The first-order chi connectivity index (χ1) is 9.49. The van der Waals surface area contributed by atoms with Crippen LogP contribution in [0.1, 0.15) is 30.1 Å². The van der Waals surface area contributed by atoms with E-state index in [2.05, 4.69) is 9.62 Å². The van der Waals surface area contributed by atoms with Gasteiger partial charge in [-0.25, -0.2) is 13.1 Å². The molecule has 0 saturated carbocycles. The van der Waals surface area contributed by atoms with E-state index in [1.807, 2.05) is 0 Å². The molecule has 1 aliphatic rings. The predicted molar refractivity (Wildman–Crippen MR) is 77.3 cm³/mol. The van der Waals surface area contributed by atoms with Crippen LogP contribution in [0.4, 0.5) is 0 Å². The van der Waals surface area contributed by atoms with Crippen molar-refractivity contribution < 1.29 is 13.2 Å². The Morgan fingerprint density at radius 3 is 2.65 bits per heavy atom. The third-order valence-corrected chi connectivity index (χ3v) is 4.93. The highest BCUT2D eigenvalue weighted by atomic mass is 32.2. The lowest BCUT2D eigenvalue weighted by atomic mass is 10.2. The number of sulfonamides is 1. The lowest BCUT2D eigenvalue weighted by Gasteiger charge is -2.15. The molecule has 0 aromatic heterocycles. The SMILES string of the molecule is CC(=O)c1cccc(S(=O)(=O)NCCN2CCCC2)c1. The molecular formula is C14H20N2O3S. The van der Waals surface area contributed by atoms with Crippen molar-refractivity contribution in [1.82, 2.24) is 9.62 Å². The number of carbonyl (C=O) groups excluding carboxylic acids is 1. The van der Waals surface area contributed by atoms with Gasteiger partial charge in [-0.15, -0.1) is 0 Å². The molecular weight excluding hydrogens is 276 g/mol. The maximum Gasteiger partial charge on any atom is 0.240 e. The minimum atomic E-state index is -3.54. The van der Waals surface area contributed by atoms with E-state index in [9.17, 15) is 13.2 Å². The first kappa shape index (κ1) is 15.2. The van der Waals surface area contributed by atoms with Crippen molar-refractivity contribution >= 4 is 15.8 Å². The summed E-state index contributed by atoms with van der Waals surface area (Å²) in [6.07, 6.45) is 2.38. The van der Waals surface area contributed by atoms with Gasteiger partial charge in [0.25, 0.3) is 0 Å². The molecule has 1 aromatic carbocycles. The number of benzene rings is 1. The van der Waals surface area contributed by atoms with Gasteiger partial charge in [0, 0.05) is 18.7 Å². The van der Waals surface area contributed by atoms with E-state index in [0.29, 0.717) is 12.1 Å². The molecule has 0 radical (unpaired) electrons. The summed E-state index contributed by atoms with van der Waals surface area (Å²) in [7, 11) is -3.54. The fourth-order valence-electron chi connectivity index (χ4n) is 2.31. The number of carbonyl (C=O) groups is 1. The Bertz CT molecular complexity index is 578. The van der Waals surface area contributed by atoms with E-state index in [-0.39, 0.29) is 10.7 Å². The molecule has 1 heterocycles. The number of likely N-dealkylation sites (tertiary alicyclic amines) is 1. The first-order valence-corrected chi connectivity index (χ1v) is 8.30. The molecule has 110 valence electrons. The quantitative estimate of drug-likeness (QED) is 0.803. The van der Waals surface area contributed by atoms with Crippen molar-refractivity contribution in [1.29, 1.82) is 0 Å². The van der Waals surface area contributed by atoms with E-state index < -0.39 is 10.0 Å². The molecule has 6 heteroatoms. The van der Waals surface area contributed by atoms with Crippen molar-refractivity contribution in [3.05, 3.63) is 29.8 Å². The van der Waals surface area contributed by atoms with Crippen LogP contribution >= 0.6 is 0 Å². The summed E-state index contributed by atoms with van der Waals surface area (Å²) >= 11 is 0. The number of ketones is 1. The van der Waals surface area contributed by atoms with Crippen LogP contribution in [0.2, 0.25) is 0 Å². The van der Waals surface area contributed by atoms with Crippen LogP contribution in [-0.2, 0) is 10.0 Å². The standard InChI is InChI=1S/C14H20N2O3S/c1-12(17)13-5-4-6-14(11-13)20(18,19)15-7-10-16-8-2-3-9-16/h4-6,11,15H,2-3,7-10H2,1H3. The average Bonchev–Trinajstić information content (AvgIpc) is 2.92. The van der Waals surface area contributed by atoms with Gasteiger partial charge in [0.05, 0.1) is 4.90 Å². The lowest BCUT2D eigenvalue weighted by Crippen LogP contribution is -2.33. The first-order valence-electron chi connectivity index (χ1n) is 6.82. The summed E-state index contributed by atoms with van der Waals surface area (Å²) in [5, 5.41) is 0. The fraction of sp³-hybridized carbons (Fsp3) is 0.500. The highest BCUT2D eigenvalue weighted by Crippen LogP contribution is 2.12. The van der Waals surface area contributed by atoms with Gasteiger partial charge in [0.2, 0.25) is 10.0 Å². The number of hydrogen-bond donors (Lipinski definition) is 1. The van der Waals surface area contributed by atoms with Crippen LogP contribution in [-0.4, -0.2) is 45.3 Å². The molecule has 0 spiro atoms. The van der Waals surface area contributed by atoms with Crippen molar-refractivity contribution in [3.63, 3.8) is 0 Å². The van der Waals surface area contributed by atoms with E-state index in [0.717, 1.165) is 19.6 Å². The number of Topliss-reactive ketones (excluding diaryl/α,β-unsaturated/α-hetero) is 1. The van der Waals surface area contributed by atoms with Gasteiger partial charge in [0.15, 0.2) is 5.78 Å². The molecule has 0 aliphatic carbocycles. The normalized spacial score (nSPS) is 16.4. The van der Waals surface area contributed by atoms with Crippen LogP contribution in [0.3, 0.4) is 0 Å². The molecule has 1 aromatic rings. The number of rotatable bonds is 6. The zero-order valence-electron chi connectivity index (χ0n) is 11.6. The highest BCUT2D eigenvalue weighted by Gasteiger charge is 2.16. The van der Waals surface area contributed by atoms with Crippen molar-refractivity contribution in [2.75, 3.05) is 26.2 Å². The fourth-order valence-corrected chi connectivity index (χ4v) is 3.38. The Kier molecular flexibility index (Phi) is 4.91. The molecule has 0 atom stereocenters. The van der Waals surface area contributed by atoms with Gasteiger partial charge in [-0.05, 0) is 45.0 Å². The molecule has 0 bridgehead atoms. The maximum absolute atomic E-state index is 12.1. The molecule has 0 amide bonds. The third-order valence-electron chi connectivity index (χ3n) is 3.47. The van der Waals surface area contributed by atoms with Gasteiger partial charge in [-0.3, -0.25) is 4.79 Å². The smallest absolute Gasteiger partial charge is 0.240 e. The summed E-state index contributed by atoms with van der Waals surface area (Å²) in [4.78, 5) is 13.7. The largest absolute Gasteiger partial charge is 0.302 e. The second kappa shape index (κ2) is 6.47. The van der Waals surface area contributed by atoms with Gasteiger partial charge in [-0.2, -0.15) is 0 Å². The second-order valence-corrected chi connectivity index (χ2v) is 6.80. The molecule has 20 heavy (non-hydrogen) atoms. The predicted octanol–water partition coefficient (Wildman–Crippen LogP) is 1.26. The molecule has 1 fully saturated rings. The van der Waals surface area contributed by atoms with Gasteiger partial charge in [-0.1, -0.05) is 12.1 Å². The van der Waals surface area contributed by atoms with Crippen LogP contribution in [0.15, 0.2) is 29.2 Å². The Balaban J connectivity index is 1.98. The van der Waals surface area contributed by atoms with Crippen LogP contribution in [0, 0.1) is 0 Å². The number of hydrogen-bond acceptors (Lipinski definition) is 4. The van der Waals surface area contributed by atoms with Crippen molar-refractivity contribution in [2.45, 2.75) is 24.7 Å². The van der Waals surface area contributed by atoms with Gasteiger partial charge >= 0.3 is 0 Å². The monoisotopic (exact) mass is 296 g/mol. The zero-order chi connectivity index (χ0) is 14.6. The van der Waals surface area contributed by atoms with Crippen LogP contribution < -0.4 is 4.72 Å². The number of nitrogens with one attached hydrogen (secondary N) is 1. The minimum absolute atomic E-state index is 0.140. The van der Waals surface area contributed by atoms with Crippen molar-refractivity contribution in [2.24, 2.45) is 0 Å². The lowest BCUT2D eigenvalue weighted by molar-refractivity contribution is 0.101. The summed E-state index contributed by atoms with van der Waals surface area (Å²) in [6.45, 7) is 4.63. The molecule has 1 aliphatic heterocycles. The molecule has 0 unspecified atom stereocenters. The molecule has 5 nitrogen and oxygen atoms in total. The van der Waals surface area contributed by atoms with Crippen molar-refractivity contribution in [3.8, 4) is 0 Å². The molecule has 2 rings (SSSR count). The van der Waals surface area contributed by atoms with Crippen LogP contribution in [0.25, 0.3) is 0 Å². The van der Waals surface area contributed by atoms with Gasteiger partial charge < -0.3 is 4.90 Å². The second-order valence-electron chi connectivity index (χ2n) is 5.03. The summed E-state index contributed by atoms with van der Waals surface area (Å²) in [5.41, 5.74) is 0.410. The number of nitrogens with zero attached hydrogens (tertiary/aromatic N) is 1. The Labute approximate surface area is 120 Å². The van der Waals surface area contributed by atoms with E-state index >= 15 is 0 Å². The Hall–Kier alpha value is -1.24. The Morgan fingerprint density at radius 1 is 1.30 bits per heavy atom. The maximum atomic E-state index is 12.1. The molecule has 1 N–H and O–H groups in total. The summed E-state index contributed by atoms with van der Waals surface area (Å²) in [5.74, 6) is -0.140. The Morgan fingerprint density at radius 2 is 2.00 bits per heavy atom. The average molecular weight is 296 g/mol. The topological polar surface area (TPSA) is 66.5 Å². The minimum Gasteiger partial charge on any atom is -0.302 e. The zero-order valence-corrected chi connectivity index (χ0v) is 12.4.